The summed E-state index contributed by atoms with van der Waals surface area (Å²) in [5, 5.41) is 2.03. The van der Waals surface area contributed by atoms with Gasteiger partial charge in [0.15, 0.2) is 5.82 Å². The van der Waals surface area contributed by atoms with Gasteiger partial charge in [-0.2, -0.15) is 0 Å². The van der Waals surface area contributed by atoms with E-state index in [1.807, 2.05) is 42.7 Å². The molecule has 4 aromatic rings. The van der Waals surface area contributed by atoms with Crippen LogP contribution in [-0.4, -0.2) is 18.4 Å². The molecule has 0 fully saturated rings. The molecule has 0 amide bonds. The van der Waals surface area contributed by atoms with Gasteiger partial charge in [0, 0.05) is 12.4 Å². The van der Waals surface area contributed by atoms with Crippen molar-refractivity contribution in [2.24, 2.45) is 0 Å². The zero-order valence-electron chi connectivity index (χ0n) is 16.9. The summed E-state index contributed by atoms with van der Waals surface area (Å²) in [5.41, 5.74) is 3.48. The average Bonchev–Trinajstić information content (AvgIpc) is 3.24. The van der Waals surface area contributed by atoms with Crippen molar-refractivity contribution in [2.75, 3.05) is 4.72 Å². The Hall–Kier alpha value is -3.29. The molecule has 0 atom stereocenters. The second-order valence-electron chi connectivity index (χ2n) is 6.96. The first-order valence-corrected chi connectivity index (χ1v) is 12.1. The van der Waals surface area contributed by atoms with E-state index >= 15 is 0 Å². The Kier molecular flexibility index (Phi) is 6.25. The summed E-state index contributed by atoms with van der Waals surface area (Å²) in [5.74, 6) is 0.715. The Bertz CT molecular complexity index is 1300. The van der Waals surface area contributed by atoms with Crippen LogP contribution in [0.1, 0.15) is 16.7 Å². The van der Waals surface area contributed by atoms with E-state index < -0.39 is 10.0 Å². The third-order valence-corrected chi connectivity index (χ3v) is 7.02. The molecule has 0 spiro atoms. The van der Waals surface area contributed by atoms with Crippen molar-refractivity contribution in [3.63, 3.8) is 0 Å². The van der Waals surface area contributed by atoms with Gasteiger partial charge in [-0.1, -0.05) is 48.0 Å². The van der Waals surface area contributed by atoms with Gasteiger partial charge in [-0.3, -0.25) is 4.72 Å². The highest BCUT2D eigenvalue weighted by Crippen LogP contribution is 2.28. The number of rotatable bonds is 7. The number of aryl methyl sites for hydroxylation is 1. The summed E-state index contributed by atoms with van der Waals surface area (Å²) in [6, 6.07) is 18.0. The van der Waals surface area contributed by atoms with Crippen LogP contribution in [0.4, 0.5) is 5.69 Å². The number of thiophene rings is 1. The van der Waals surface area contributed by atoms with Gasteiger partial charge in [-0.05, 0) is 60.2 Å². The molecule has 31 heavy (non-hydrogen) atoms. The third kappa shape index (κ3) is 5.07. The minimum atomic E-state index is -3.66. The maximum absolute atomic E-state index is 12.8. The van der Waals surface area contributed by atoms with E-state index in [-0.39, 0.29) is 4.90 Å². The molecule has 2 heterocycles. The summed E-state index contributed by atoms with van der Waals surface area (Å²) in [6.07, 6.45) is 8.11. The second kappa shape index (κ2) is 9.24. The molecule has 1 N–H and O–H groups in total. The summed E-state index contributed by atoms with van der Waals surface area (Å²) in [7, 11) is -3.66. The molecule has 0 unspecified atom stereocenters. The Morgan fingerprint density at radius 2 is 1.71 bits per heavy atom. The maximum atomic E-state index is 12.8. The first-order valence-electron chi connectivity index (χ1n) is 9.72. The fourth-order valence-electron chi connectivity index (χ4n) is 3.08. The number of para-hydroxylation sites is 1. The minimum Gasteiger partial charge on any atom is -0.279 e. The monoisotopic (exact) mass is 447 g/mol. The predicted octanol–water partition coefficient (Wildman–Crippen LogP) is 5.57. The molecule has 2 aromatic heterocycles. The van der Waals surface area contributed by atoms with E-state index in [4.69, 9.17) is 0 Å². The first kappa shape index (κ1) is 21.0. The highest BCUT2D eigenvalue weighted by atomic mass is 32.2. The highest BCUT2D eigenvalue weighted by molar-refractivity contribution is 7.92. The van der Waals surface area contributed by atoms with Crippen molar-refractivity contribution in [3.8, 4) is 10.7 Å². The normalized spacial score (nSPS) is 11.6. The minimum absolute atomic E-state index is 0.239. The largest absolute Gasteiger partial charge is 0.279 e. The molecular formula is C24H21N3O2S2. The highest BCUT2D eigenvalue weighted by Gasteiger charge is 2.15. The molecule has 4 rings (SSSR count). The van der Waals surface area contributed by atoms with Crippen molar-refractivity contribution in [3.05, 3.63) is 101 Å². The van der Waals surface area contributed by atoms with Gasteiger partial charge in [0.05, 0.1) is 15.5 Å². The molecule has 0 aliphatic carbocycles. The SMILES string of the molecule is Cc1ccc(S(=O)(=O)Nc2ccccc2/C=C/Cc2ccsc2-c2ncccn2)cc1. The van der Waals surface area contributed by atoms with E-state index in [9.17, 15) is 8.42 Å². The lowest BCUT2D eigenvalue weighted by Crippen LogP contribution is -2.13. The smallest absolute Gasteiger partial charge is 0.261 e. The summed E-state index contributed by atoms with van der Waals surface area (Å²) in [4.78, 5) is 9.95. The van der Waals surface area contributed by atoms with Crippen LogP contribution in [0.15, 0.2) is 89.4 Å². The quantitative estimate of drug-likeness (QED) is 0.402. The van der Waals surface area contributed by atoms with E-state index in [2.05, 4.69) is 20.8 Å². The second-order valence-corrected chi connectivity index (χ2v) is 9.56. The van der Waals surface area contributed by atoms with Gasteiger partial charge in [0.2, 0.25) is 0 Å². The molecule has 5 nitrogen and oxygen atoms in total. The molecule has 0 aliphatic heterocycles. The Labute approximate surface area is 186 Å². The number of hydrogen-bond donors (Lipinski definition) is 1. The van der Waals surface area contributed by atoms with Crippen LogP contribution in [0.2, 0.25) is 0 Å². The van der Waals surface area contributed by atoms with Crippen molar-refractivity contribution in [2.45, 2.75) is 18.2 Å². The summed E-state index contributed by atoms with van der Waals surface area (Å²) >= 11 is 1.61. The Morgan fingerprint density at radius 3 is 2.48 bits per heavy atom. The molecule has 7 heteroatoms. The molecule has 0 radical (unpaired) electrons. The van der Waals surface area contributed by atoms with Gasteiger partial charge in [0.1, 0.15) is 0 Å². The molecular weight excluding hydrogens is 426 g/mol. The van der Waals surface area contributed by atoms with Crippen LogP contribution >= 0.6 is 11.3 Å². The standard InChI is InChI=1S/C24H21N3O2S2/c1-18-10-12-21(13-11-18)31(28,29)27-22-9-3-2-6-19(22)7-4-8-20-14-17-30-23(20)24-25-15-5-16-26-24/h2-7,9-17,27H,8H2,1H3/b7-4+. The zero-order chi connectivity index (χ0) is 21.7. The van der Waals surface area contributed by atoms with Crippen LogP contribution in [0.3, 0.4) is 0 Å². The zero-order valence-corrected chi connectivity index (χ0v) is 18.5. The van der Waals surface area contributed by atoms with Crippen LogP contribution in [0.25, 0.3) is 16.8 Å². The number of aromatic nitrogens is 2. The van der Waals surface area contributed by atoms with Crippen LogP contribution in [-0.2, 0) is 16.4 Å². The summed E-state index contributed by atoms with van der Waals surface area (Å²) in [6.45, 7) is 1.92. The van der Waals surface area contributed by atoms with E-state index in [0.717, 1.165) is 21.6 Å². The van der Waals surface area contributed by atoms with Gasteiger partial charge in [-0.15, -0.1) is 11.3 Å². The molecule has 0 saturated carbocycles. The van der Waals surface area contributed by atoms with Crippen molar-refractivity contribution >= 4 is 33.1 Å². The van der Waals surface area contributed by atoms with Crippen LogP contribution in [0.5, 0.6) is 0 Å². The number of anilines is 1. The number of nitrogens with one attached hydrogen (secondary N) is 1. The van der Waals surface area contributed by atoms with Gasteiger partial charge < -0.3 is 0 Å². The lowest BCUT2D eigenvalue weighted by Gasteiger charge is -2.11. The van der Waals surface area contributed by atoms with Crippen LogP contribution < -0.4 is 4.72 Å². The Morgan fingerprint density at radius 1 is 0.968 bits per heavy atom. The fraction of sp³-hybridized carbons (Fsp3) is 0.0833. The summed E-state index contributed by atoms with van der Waals surface area (Å²) < 4.78 is 28.3. The lowest BCUT2D eigenvalue weighted by atomic mass is 10.1. The molecule has 0 saturated heterocycles. The van der Waals surface area contributed by atoms with Gasteiger partial charge in [-0.25, -0.2) is 18.4 Å². The van der Waals surface area contributed by atoms with E-state index in [1.54, 1.807) is 60.1 Å². The number of allylic oxidation sites excluding steroid dienone is 1. The van der Waals surface area contributed by atoms with Crippen molar-refractivity contribution < 1.29 is 8.42 Å². The van der Waals surface area contributed by atoms with E-state index in [0.29, 0.717) is 17.9 Å². The molecule has 2 aromatic carbocycles. The van der Waals surface area contributed by atoms with Crippen LogP contribution in [0, 0.1) is 6.92 Å². The lowest BCUT2D eigenvalue weighted by molar-refractivity contribution is 0.601. The number of hydrogen-bond acceptors (Lipinski definition) is 5. The van der Waals surface area contributed by atoms with Crippen molar-refractivity contribution in [1.82, 2.24) is 9.97 Å². The number of nitrogens with zero attached hydrogens (tertiary/aromatic N) is 2. The molecule has 0 aliphatic rings. The third-order valence-electron chi connectivity index (χ3n) is 4.69. The number of sulfonamides is 1. The van der Waals surface area contributed by atoms with Crippen molar-refractivity contribution in [1.29, 1.82) is 0 Å². The Balaban J connectivity index is 1.53. The van der Waals surface area contributed by atoms with Gasteiger partial charge in [0.25, 0.3) is 10.0 Å². The topological polar surface area (TPSA) is 72.0 Å². The van der Waals surface area contributed by atoms with E-state index in [1.165, 1.54) is 0 Å². The van der Waals surface area contributed by atoms with Gasteiger partial charge >= 0.3 is 0 Å². The maximum Gasteiger partial charge on any atom is 0.261 e. The fourth-order valence-corrected chi connectivity index (χ4v) is 5.05. The number of benzene rings is 2. The molecule has 156 valence electrons. The molecule has 0 bridgehead atoms. The predicted molar refractivity (Wildman–Crippen MR) is 127 cm³/mol. The first-order chi connectivity index (χ1) is 15.0. The average molecular weight is 448 g/mol.